The van der Waals surface area contributed by atoms with Crippen molar-refractivity contribution in [1.82, 2.24) is 0 Å². The lowest BCUT2D eigenvalue weighted by Crippen LogP contribution is -2.46. The summed E-state index contributed by atoms with van der Waals surface area (Å²) in [7, 11) is -2.40. The van der Waals surface area contributed by atoms with E-state index in [1.807, 2.05) is 20.4 Å². The first-order chi connectivity index (χ1) is 10.6. The summed E-state index contributed by atoms with van der Waals surface area (Å²) < 4.78 is 33.2. The Labute approximate surface area is 133 Å². The maximum Gasteiger partial charge on any atom is 0.337 e. The summed E-state index contributed by atoms with van der Waals surface area (Å²) in [5.41, 5.74) is 0. The molecule has 7 nitrogen and oxygen atoms in total. The number of aliphatic hydroxyl groups excluding tert-OH is 1. The summed E-state index contributed by atoms with van der Waals surface area (Å²) >= 11 is 0. The van der Waals surface area contributed by atoms with Gasteiger partial charge in [-0.15, -0.1) is 0 Å². The molecule has 0 aromatic carbocycles. The third-order valence-corrected chi connectivity index (χ3v) is 6.49. The second kappa shape index (κ2) is 8.70. The van der Waals surface area contributed by atoms with Gasteiger partial charge in [0.2, 0.25) is 0 Å². The molecule has 0 aromatic heterocycles. The monoisotopic (exact) mass is 336 g/mol. The van der Waals surface area contributed by atoms with Crippen molar-refractivity contribution in [2.45, 2.75) is 51.0 Å². The zero-order chi connectivity index (χ0) is 16.0. The Hall–Kier alpha value is -0.0631. The molecule has 8 heteroatoms. The first-order valence-corrected chi connectivity index (χ1v) is 10.5. The summed E-state index contributed by atoms with van der Waals surface area (Å²) in [6.07, 6.45) is -1.27. The maximum atomic E-state index is 10.3. The fourth-order valence-electron chi connectivity index (χ4n) is 2.25. The van der Waals surface area contributed by atoms with Gasteiger partial charge in [-0.2, -0.15) is 0 Å². The minimum atomic E-state index is -2.40. The third kappa shape index (κ3) is 6.59. The quantitative estimate of drug-likeness (QED) is 0.300. The zero-order valence-corrected chi connectivity index (χ0v) is 14.7. The van der Waals surface area contributed by atoms with Crippen molar-refractivity contribution < 1.29 is 32.9 Å². The van der Waals surface area contributed by atoms with Crippen molar-refractivity contribution in [1.29, 1.82) is 0 Å². The molecule has 0 amide bonds. The molecule has 0 aliphatic carbocycles. The average molecular weight is 336 g/mol. The molecule has 0 radical (unpaired) electrons. The van der Waals surface area contributed by atoms with Crippen LogP contribution in [0.4, 0.5) is 0 Å². The van der Waals surface area contributed by atoms with Crippen molar-refractivity contribution in [3.8, 4) is 0 Å². The van der Waals surface area contributed by atoms with Crippen LogP contribution < -0.4 is 0 Å². The van der Waals surface area contributed by atoms with Crippen LogP contribution >= 0.6 is 0 Å². The van der Waals surface area contributed by atoms with Gasteiger partial charge in [-0.05, 0) is 20.4 Å². The normalized spacial score (nSPS) is 26.7. The van der Waals surface area contributed by atoms with Gasteiger partial charge in [0.1, 0.15) is 18.3 Å². The lowest BCUT2D eigenvalue weighted by Gasteiger charge is -2.32. The molecular weight excluding hydrogens is 308 g/mol. The van der Waals surface area contributed by atoms with Crippen molar-refractivity contribution in [2.75, 3.05) is 39.6 Å². The predicted octanol–water partition coefficient (Wildman–Crippen LogP) is 0.649. The molecule has 2 rings (SSSR count). The Morgan fingerprint density at radius 1 is 1.05 bits per heavy atom. The summed E-state index contributed by atoms with van der Waals surface area (Å²) in [5, 5.41) is 10.3. The first-order valence-electron chi connectivity index (χ1n) is 7.98. The van der Waals surface area contributed by atoms with E-state index in [0.29, 0.717) is 45.7 Å². The summed E-state index contributed by atoms with van der Waals surface area (Å²) in [4.78, 5) is 0. The average Bonchev–Trinajstić information content (AvgIpc) is 3.36. The van der Waals surface area contributed by atoms with Crippen LogP contribution in [0.5, 0.6) is 0 Å². The highest BCUT2D eigenvalue weighted by molar-refractivity contribution is 6.66. The molecule has 2 aliphatic heterocycles. The number of epoxide rings is 2. The van der Waals surface area contributed by atoms with Gasteiger partial charge in [0.25, 0.3) is 0 Å². The van der Waals surface area contributed by atoms with Crippen molar-refractivity contribution >= 4 is 8.56 Å². The Balaban J connectivity index is 1.87. The topological polar surface area (TPSA) is 82.2 Å². The highest BCUT2D eigenvalue weighted by atomic mass is 28.4. The van der Waals surface area contributed by atoms with E-state index in [4.69, 9.17) is 27.8 Å². The second-order valence-electron chi connectivity index (χ2n) is 5.71. The first kappa shape index (κ1) is 18.3. The molecule has 0 aromatic rings. The van der Waals surface area contributed by atoms with E-state index < -0.39 is 21.0 Å². The Bertz CT molecular complexity index is 316. The van der Waals surface area contributed by atoms with Crippen molar-refractivity contribution in [2.24, 2.45) is 0 Å². The maximum absolute atomic E-state index is 10.3. The predicted molar refractivity (Wildman–Crippen MR) is 80.9 cm³/mol. The standard InChI is InChI=1S/C14H28O7Si/c1-4-20-22(3,21-5-2)10-13(18-8-11-6-16-11)14(15)19-9-12-7-17-12/h11-15H,4-10H2,1-3H3. The number of ether oxygens (including phenoxy) is 4. The Morgan fingerprint density at radius 3 is 2.00 bits per heavy atom. The van der Waals surface area contributed by atoms with Gasteiger partial charge in [-0.3, -0.25) is 0 Å². The molecule has 2 saturated heterocycles. The van der Waals surface area contributed by atoms with E-state index in [2.05, 4.69) is 0 Å². The van der Waals surface area contributed by atoms with E-state index in [-0.39, 0.29) is 12.2 Å². The van der Waals surface area contributed by atoms with Crippen LogP contribution in [0.15, 0.2) is 0 Å². The van der Waals surface area contributed by atoms with Crippen LogP contribution in [0.1, 0.15) is 13.8 Å². The van der Waals surface area contributed by atoms with Crippen LogP contribution in [0.25, 0.3) is 0 Å². The SMILES string of the molecule is CCO[Si](C)(CC(OCC1CO1)C(O)OCC1CO1)OCC. The van der Waals surface area contributed by atoms with Crippen LogP contribution in [0.3, 0.4) is 0 Å². The lowest BCUT2D eigenvalue weighted by atomic mass is 10.3. The van der Waals surface area contributed by atoms with Crippen LogP contribution in [-0.4, -0.2) is 77.9 Å². The molecule has 4 unspecified atom stereocenters. The second-order valence-corrected chi connectivity index (χ2v) is 8.96. The Morgan fingerprint density at radius 2 is 1.55 bits per heavy atom. The van der Waals surface area contributed by atoms with E-state index in [1.165, 1.54) is 0 Å². The molecule has 0 bridgehead atoms. The number of aliphatic hydroxyl groups is 1. The summed E-state index contributed by atoms with van der Waals surface area (Å²) in [6, 6.07) is 0.508. The van der Waals surface area contributed by atoms with Crippen molar-refractivity contribution in [3.05, 3.63) is 0 Å². The summed E-state index contributed by atoms with van der Waals surface area (Å²) in [5.74, 6) is 0. The van der Waals surface area contributed by atoms with Gasteiger partial charge in [0.05, 0.1) is 26.4 Å². The molecule has 2 heterocycles. The van der Waals surface area contributed by atoms with E-state index >= 15 is 0 Å². The van der Waals surface area contributed by atoms with Crippen LogP contribution in [0, 0.1) is 0 Å². The molecule has 2 fully saturated rings. The molecule has 130 valence electrons. The molecule has 0 spiro atoms. The highest BCUT2D eigenvalue weighted by Gasteiger charge is 2.39. The van der Waals surface area contributed by atoms with Gasteiger partial charge in [0.15, 0.2) is 6.29 Å². The van der Waals surface area contributed by atoms with Crippen molar-refractivity contribution in [3.63, 3.8) is 0 Å². The fourth-order valence-corrected chi connectivity index (χ4v) is 4.84. The number of hydrogen-bond acceptors (Lipinski definition) is 7. The van der Waals surface area contributed by atoms with Gasteiger partial charge in [-0.25, -0.2) is 0 Å². The van der Waals surface area contributed by atoms with E-state index in [9.17, 15) is 5.11 Å². The van der Waals surface area contributed by atoms with Gasteiger partial charge >= 0.3 is 8.56 Å². The zero-order valence-electron chi connectivity index (χ0n) is 13.7. The fraction of sp³-hybridized carbons (Fsp3) is 1.00. The van der Waals surface area contributed by atoms with E-state index in [0.717, 1.165) is 0 Å². The minimum Gasteiger partial charge on any atom is -0.395 e. The number of hydrogen-bond donors (Lipinski definition) is 1. The Kier molecular flexibility index (Phi) is 7.22. The van der Waals surface area contributed by atoms with E-state index in [1.54, 1.807) is 0 Å². The highest BCUT2D eigenvalue weighted by Crippen LogP contribution is 2.23. The third-order valence-electron chi connectivity index (χ3n) is 3.54. The lowest BCUT2D eigenvalue weighted by molar-refractivity contribution is -0.177. The number of rotatable bonds is 13. The summed E-state index contributed by atoms with van der Waals surface area (Å²) in [6.45, 7) is 9.26. The largest absolute Gasteiger partial charge is 0.395 e. The van der Waals surface area contributed by atoms with Gasteiger partial charge < -0.3 is 32.9 Å². The van der Waals surface area contributed by atoms with Crippen LogP contribution in [0.2, 0.25) is 12.6 Å². The van der Waals surface area contributed by atoms with Gasteiger partial charge in [0, 0.05) is 19.3 Å². The van der Waals surface area contributed by atoms with Gasteiger partial charge in [-0.1, -0.05) is 0 Å². The van der Waals surface area contributed by atoms with Crippen LogP contribution in [-0.2, 0) is 27.8 Å². The molecule has 2 aliphatic rings. The molecule has 1 N–H and O–H groups in total. The molecule has 22 heavy (non-hydrogen) atoms. The molecular formula is C14H28O7Si. The smallest absolute Gasteiger partial charge is 0.337 e. The molecule has 0 saturated carbocycles. The minimum absolute atomic E-state index is 0.101. The molecule has 4 atom stereocenters.